The Morgan fingerprint density at radius 1 is 1.31 bits per heavy atom. The van der Waals surface area contributed by atoms with Gasteiger partial charge in [-0.3, -0.25) is 0 Å². The van der Waals surface area contributed by atoms with Crippen LogP contribution in [0.15, 0.2) is 22.7 Å². The maximum Gasteiger partial charge on any atom is 0.0328 e. The number of hydrogen-bond donors (Lipinski definition) is 1. The standard InChI is InChI=1S/C11H14BrN/c1-11(3-2-4-11)8-5-9(12)7-10(13)6-8/h5-7H,2-4,13H2,1H3. The zero-order valence-corrected chi connectivity index (χ0v) is 9.39. The van der Waals surface area contributed by atoms with E-state index >= 15 is 0 Å². The predicted molar refractivity (Wildman–Crippen MR) is 59.8 cm³/mol. The molecule has 1 nitrogen and oxygen atoms in total. The van der Waals surface area contributed by atoms with E-state index in [1.165, 1.54) is 24.8 Å². The number of nitrogen functional groups attached to an aromatic ring is 1. The molecule has 0 radical (unpaired) electrons. The molecule has 1 aromatic carbocycles. The minimum absolute atomic E-state index is 0.387. The van der Waals surface area contributed by atoms with Crippen LogP contribution in [-0.2, 0) is 5.41 Å². The van der Waals surface area contributed by atoms with Crippen LogP contribution < -0.4 is 5.73 Å². The average Bonchev–Trinajstić information content (AvgIpc) is 1.98. The smallest absolute Gasteiger partial charge is 0.0328 e. The molecule has 0 amide bonds. The Balaban J connectivity index is 2.39. The molecule has 0 saturated heterocycles. The van der Waals surface area contributed by atoms with Gasteiger partial charge < -0.3 is 5.73 Å². The summed E-state index contributed by atoms with van der Waals surface area (Å²) in [6.07, 6.45) is 3.94. The van der Waals surface area contributed by atoms with Gasteiger partial charge in [0, 0.05) is 10.2 Å². The highest BCUT2D eigenvalue weighted by atomic mass is 79.9. The number of benzene rings is 1. The van der Waals surface area contributed by atoms with Crippen molar-refractivity contribution in [3.05, 3.63) is 28.2 Å². The lowest BCUT2D eigenvalue weighted by Crippen LogP contribution is -2.30. The van der Waals surface area contributed by atoms with Crippen molar-refractivity contribution in [3.63, 3.8) is 0 Å². The summed E-state index contributed by atoms with van der Waals surface area (Å²) < 4.78 is 1.09. The fourth-order valence-electron chi connectivity index (χ4n) is 1.96. The molecular formula is C11H14BrN. The van der Waals surface area contributed by atoms with Gasteiger partial charge in [0.25, 0.3) is 0 Å². The molecule has 0 atom stereocenters. The van der Waals surface area contributed by atoms with Gasteiger partial charge in [0.2, 0.25) is 0 Å². The highest BCUT2D eigenvalue weighted by Gasteiger charge is 2.33. The third-order valence-corrected chi connectivity index (χ3v) is 3.53. The van der Waals surface area contributed by atoms with Crippen molar-refractivity contribution >= 4 is 21.6 Å². The first-order chi connectivity index (χ1) is 6.10. The molecule has 1 aliphatic carbocycles. The van der Waals surface area contributed by atoms with E-state index in [0.29, 0.717) is 5.41 Å². The maximum atomic E-state index is 5.80. The molecule has 0 spiro atoms. The Kier molecular flexibility index (Phi) is 2.11. The van der Waals surface area contributed by atoms with Crippen LogP contribution in [0.3, 0.4) is 0 Å². The van der Waals surface area contributed by atoms with Crippen LogP contribution in [0.5, 0.6) is 0 Å². The molecule has 1 aromatic rings. The summed E-state index contributed by atoms with van der Waals surface area (Å²) >= 11 is 3.48. The monoisotopic (exact) mass is 239 g/mol. The van der Waals surface area contributed by atoms with Gasteiger partial charge in [-0.25, -0.2) is 0 Å². The van der Waals surface area contributed by atoms with E-state index in [1.807, 2.05) is 6.07 Å². The molecule has 13 heavy (non-hydrogen) atoms. The molecule has 2 heteroatoms. The third-order valence-electron chi connectivity index (χ3n) is 3.07. The van der Waals surface area contributed by atoms with Gasteiger partial charge >= 0.3 is 0 Å². The van der Waals surface area contributed by atoms with Gasteiger partial charge in [-0.1, -0.05) is 29.3 Å². The second kappa shape index (κ2) is 3.02. The number of halogens is 1. The second-order valence-electron chi connectivity index (χ2n) is 4.19. The van der Waals surface area contributed by atoms with Gasteiger partial charge in [0.15, 0.2) is 0 Å². The molecule has 70 valence electrons. The maximum absolute atomic E-state index is 5.80. The van der Waals surface area contributed by atoms with E-state index in [-0.39, 0.29) is 0 Å². The molecule has 1 saturated carbocycles. The van der Waals surface area contributed by atoms with Crippen LogP contribution in [0, 0.1) is 0 Å². The van der Waals surface area contributed by atoms with Crippen LogP contribution in [0.2, 0.25) is 0 Å². The Morgan fingerprint density at radius 3 is 2.46 bits per heavy atom. The van der Waals surface area contributed by atoms with E-state index in [1.54, 1.807) is 0 Å². The van der Waals surface area contributed by atoms with Gasteiger partial charge in [-0.15, -0.1) is 0 Å². The third kappa shape index (κ3) is 1.60. The van der Waals surface area contributed by atoms with Gasteiger partial charge in [-0.05, 0) is 42.0 Å². The molecule has 0 heterocycles. The predicted octanol–water partition coefficient (Wildman–Crippen LogP) is 3.47. The fourth-order valence-corrected chi connectivity index (χ4v) is 2.47. The zero-order valence-electron chi connectivity index (χ0n) is 7.81. The topological polar surface area (TPSA) is 26.0 Å². The summed E-state index contributed by atoms with van der Waals surface area (Å²) in [5, 5.41) is 0. The van der Waals surface area contributed by atoms with Crippen molar-refractivity contribution in [2.24, 2.45) is 0 Å². The van der Waals surface area contributed by atoms with E-state index in [4.69, 9.17) is 5.73 Å². The normalized spacial score (nSPS) is 19.5. The van der Waals surface area contributed by atoms with Crippen molar-refractivity contribution in [3.8, 4) is 0 Å². The highest BCUT2D eigenvalue weighted by Crippen LogP contribution is 2.44. The molecule has 0 aromatic heterocycles. The molecular weight excluding hydrogens is 226 g/mol. The molecule has 0 unspecified atom stereocenters. The molecule has 0 aliphatic heterocycles. The van der Waals surface area contributed by atoms with Crippen LogP contribution in [0.25, 0.3) is 0 Å². The van der Waals surface area contributed by atoms with E-state index < -0.39 is 0 Å². The Hall–Kier alpha value is -0.500. The van der Waals surface area contributed by atoms with E-state index in [2.05, 4.69) is 35.0 Å². The summed E-state index contributed by atoms with van der Waals surface area (Å²) in [7, 11) is 0. The van der Waals surface area contributed by atoms with Crippen molar-refractivity contribution < 1.29 is 0 Å². The lowest BCUT2D eigenvalue weighted by atomic mass is 9.66. The van der Waals surface area contributed by atoms with E-state index in [9.17, 15) is 0 Å². The molecule has 2 rings (SSSR count). The number of hydrogen-bond acceptors (Lipinski definition) is 1. The number of anilines is 1. The van der Waals surface area contributed by atoms with Gasteiger partial charge in [0.05, 0.1) is 0 Å². The van der Waals surface area contributed by atoms with Crippen LogP contribution in [0.4, 0.5) is 5.69 Å². The lowest BCUT2D eigenvalue weighted by molar-refractivity contribution is 0.272. The summed E-state index contributed by atoms with van der Waals surface area (Å²) in [5.41, 5.74) is 8.43. The average molecular weight is 240 g/mol. The first kappa shape index (κ1) is 9.07. The SMILES string of the molecule is CC1(c2cc(N)cc(Br)c2)CCC1. The lowest BCUT2D eigenvalue weighted by Gasteiger charge is -2.39. The van der Waals surface area contributed by atoms with Crippen molar-refractivity contribution in [1.82, 2.24) is 0 Å². The van der Waals surface area contributed by atoms with Gasteiger partial charge in [-0.2, -0.15) is 0 Å². The fraction of sp³-hybridized carbons (Fsp3) is 0.455. The summed E-state index contributed by atoms with van der Waals surface area (Å²) in [5.74, 6) is 0. The minimum Gasteiger partial charge on any atom is -0.399 e. The number of nitrogens with two attached hydrogens (primary N) is 1. The zero-order chi connectivity index (χ0) is 9.47. The Labute approximate surface area is 87.5 Å². The second-order valence-corrected chi connectivity index (χ2v) is 5.10. The molecule has 0 bridgehead atoms. The van der Waals surface area contributed by atoms with Crippen molar-refractivity contribution in [2.75, 3.05) is 5.73 Å². The van der Waals surface area contributed by atoms with Crippen molar-refractivity contribution in [2.45, 2.75) is 31.6 Å². The van der Waals surface area contributed by atoms with Crippen LogP contribution in [0.1, 0.15) is 31.7 Å². The number of rotatable bonds is 1. The largest absolute Gasteiger partial charge is 0.399 e. The first-order valence-electron chi connectivity index (χ1n) is 4.67. The molecule has 1 aliphatic rings. The van der Waals surface area contributed by atoms with E-state index in [0.717, 1.165) is 10.2 Å². The summed E-state index contributed by atoms with van der Waals surface area (Å²) in [4.78, 5) is 0. The quantitative estimate of drug-likeness (QED) is 0.747. The Morgan fingerprint density at radius 2 is 2.00 bits per heavy atom. The van der Waals surface area contributed by atoms with Gasteiger partial charge in [0.1, 0.15) is 0 Å². The van der Waals surface area contributed by atoms with Crippen LogP contribution in [-0.4, -0.2) is 0 Å². The molecule has 2 N–H and O–H groups in total. The Bertz CT molecular complexity index is 309. The van der Waals surface area contributed by atoms with Crippen molar-refractivity contribution in [1.29, 1.82) is 0 Å². The minimum atomic E-state index is 0.387. The molecule has 1 fully saturated rings. The highest BCUT2D eigenvalue weighted by molar-refractivity contribution is 9.10. The summed E-state index contributed by atoms with van der Waals surface area (Å²) in [6, 6.07) is 6.24. The summed E-state index contributed by atoms with van der Waals surface area (Å²) in [6.45, 7) is 2.32. The first-order valence-corrected chi connectivity index (χ1v) is 5.46. The van der Waals surface area contributed by atoms with Crippen LogP contribution >= 0.6 is 15.9 Å².